The quantitative estimate of drug-likeness (QED) is 0.362. The minimum atomic E-state index is 0. The van der Waals surface area contributed by atoms with E-state index in [9.17, 15) is 0 Å². The Balaban J connectivity index is 0.00000288. The highest BCUT2D eigenvalue weighted by Gasteiger charge is 2.09. The van der Waals surface area contributed by atoms with Crippen LogP contribution < -0.4 is 10.6 Å². The molecule has 1 heterocycles. The van der Waals surface area contributed by atoms with Gasteiger partial charge in [-0.3, -0.25) is 0 Å². The molecule has 5 nitrogen and oxygen atoms in total. The van der Waals surface area contributed by atoms with Crippen LogP contribution in [-0.2, 0) is 13.1 Å². The molecule has 24 heavy (non-hydrogen) atoms. The van der Waals surface area contributed by atoms with Crippen LogP contribution in [0.2, 0.25) is 0 Å². The summed E-state index contributed by atoms with van der Waals surface area (Å²) >= 11 is 3.49. The van der Waals surface area contributed by atoms with Crippen molar-refractivity contribution in [1.82, 2.24) is 15.8 Å². The fourth-order valence-electron chi connectivity index (χ4n) is 2.27. The van der Waals surface area contributed by atoms with E-state index >= 15 is 0 Å². The van der Waals surface area contributed by atoms with E-state index in [2.05, 4.69) is 62.7 Å². The number of benzene rings is 1. The van der Waals surface area contributed by atoms with Crippen molar-refractivity contribution in [3.63, 3.8) is 0 Å². The second-order valence-electron chi connectivity index (χ2n) is 5.42. The first-order valence-electron chi connectivity index (χ1n) is 7.70. The number of hydrogen-bond acceptors (Lipinski definition) is 3. The minimum Gasteiger partial charge on any atom is -0.361 e. The van der Waals surface area contributed by atoms with Crippen molar-refractivity contribution in [3.05, 3.63) is 50.8 Å². The summed E-state index contributed by atoms with van der Waals surface area (Å²) in [5.74, 6) is 1.63. The molecule has 0 spiro atoms. The van der Waals surface area contributed by atoms with Crippen LogP contribution in [0.15, 0.2) is 32.2 Å². The molecule has 1 aromatic carbocycles. The Bertz CT molecular complexity index is 680. The molecule has 1 aromatic heterocycles. The van der Waals surface area contributed by atoms with E-state index in [1.54, 1.807) is 0 Å². The van der Waals surface area contributed by atoms with Crippen molar-refractivity contribution in [2.75, 3.05) is 6.54 Å². The molecule has 0 amide bonds. The van der Waals surface area contributed by atoms with Gasteiger partial charge in [-0.1, -0.05) is 27.2 Å². The molecule has 0 aliphatic heterocycles. The second-order valence-corrected chi connectivity index (χ2v) is 6.34. The van der Waals surface area contributed by atoms with Crippen molar-refractivity contribution in [3.8, 4) is 0 Å². The second kappa shape index (κ2) is 10.0. The van der Waals surface area contributed by atoms with Crippen LogP contribution >= 0.6 is 39.9 Å². The van der Waals surface area contributed by atoms with Gasteiger partial charge in [0.25, 0.3) is 0 Å². The number of guanidine groups is 1. The first kappa shape index (κ1) is 21.0. The van der Waals surface area contributed by atoms with Crippen LogP contribution in [0.1, 0.15) is 35.1 Å². The Hall–Kier alpha value is -1.09. The molecule has 7 heteroatoms. The number of hydrogen-bond donors (Lipinski definition) is 2. The van der Waals surface area contributed by atoms with Crippen molar-refractivity contribution in [2.45, 2.75) is 40.8 Å². The fraction of sp³-hybridized carbons (Fsp3) is 0.412. The monoisotopic (exact) mass is 506 g/mol. The first-order valence-corrected chi connectivity index (χ1v) is 8.49. The van der Waals surface area contributed by atoms with Crippen LogP contribution in [0.25, 0.3) is 0 Å². The zero-order chi connectivity index (χ0) is 16.8. The summed E-state index contributed by atoms with van der Waals surface area (Å²) in [7, 11) is 0. The molecule has 0 bridgehead atoms. The van der Waals surface area contributed by atoms with Gasteiger partial charge in [0.2, 0.25) is 0 Å². The van der Waals surface area contributed by atoms with Gasteiger partial charge in [0.05, 0.1) is 12.2 Å². The molecular formula is C17H24BrIN4O. The lowest BCUT2D eigenvalue weighted by molar-refractivity contribution is 0.392. The lowest BCUT2D eigenvalue weighted by Crippen LogP contribution is -2.37. The van der Waals surface area contributed by atoms with E-state index < -0.39 is 0 Å². The lowest BCUT2D eigenvalue weighted by Gasteiger charge is -2.12. The maximum atomic E-state index is 5.19. The highest BCUT2D eigenvalue weighted by atomic mass is 127. The molecule has 0 aliphatic carbocycles. The van der Waals surface area contributed by atoms with Crippen molar-refractivity contribution < 1.29 is 4.52 Å². The van der Waals surface area contributed by atoms with Crippen molar-refractivity contribution in [2.24, 2.45) is 4.99 Å². The molecule has 0 aliphatic rings. The third-order valence-corrected chi connectivity index (χ3v) is 4.16. The number of aromatic nitrogens is 1. The molecule has 2 rings (SSSR count). The predicted molar refractivity (Wildman–Crippen MR) is 112 cm³/mol. The SMILES string of the molecule is CCNC(=NCc1ccc(Br)cc1C)NCc1c(C)noc1C.I. The lowest BCUT2D eigenvalue weighted by atomic mass is 10.1. The Morgan fingerprint density at radius 1 is 1.25 bits per heavy atom. The summed E-state index contributed by atoms with van der Waals surface area (Å²) in [5.41, 5.74) is 4.43. The summed E-state index contributed by atoms with van der Waals surface area (Å²) in [5, 5.41) is 10.6. The number of nitrogens with zero attached hydrogens (tertiary/aromatic N) is 2. The van der Waals surface area contributed by atoms with E-state index in [0.29, 0.717) is 13.1 Å². The summed E-state index contributed by atoms with van der Waals surface area (Å²) in [4.78, 5) is 4.66. The Morgan fingerprint density at radius 2 is 2.00 bits per heavy atom. The molecule has 2 N–H and O–H groups in total. The van der Waals surface area contributed by atoms with Gasteiger partial charge >= 0.3 is 0 Å². The maximum Gasteiger partial charge on any atom is 0.191 e. The zero-order valence-electron chi connectivity index (χ0n) is 14.4. The van der Waals surface area contributed by atoms with Gasteiger partial charge in [0.15, 0.2) is 5.96 Å². The smallest absolute Gasteiger partial charge is 0.191 e. The molecular weight excluding hydrogens is 483 g/mol. The van der Waals surface area contributed by atoms with Gasteiger partial charge in [0, 0.05) is 23.1 Å². The van der Waals surface area contributed by atoms with Gasteiger partial charge < -0.3 is 15.2 Å². The summed E-state index contributed by atoms with van der Waals surface area (Å²) in [6, 6.07) is 6.25. The van der Waals surface area contributed by atoms with E-state index in [1.807, 2.05) is 19.9 Å². The Morgan fingerprint density at radius 3 is 2.58 bits per heavy atom. The number of rotatable bonds is 5. The molecule has 0 unspecified atom stereocenters. The van der Waals surface area contributed by atoms with E-state index in [1.165, 1.54) is 11.1 Å². The fourth-order valence-corrected chi connectivity index (χ4v) is 2.74. The molecule has 0 saturated heterocycles. The minimum absolute atomic E-state index is 0. The van der Waals surface area contributed by atoms with Gasteiger partial charge in [-0.05, 0) is 51.0 Å². The average molecular weight is 507 g/mol. The zero-order valence-corrected chi connectivity index (χ0v) is 18.4. The third-order valence-electron chi connectivity index (χ3n) is 3.67. The molecule has 2 aromatic rings. The van der Waals surface area contributed by atoms with Crippen molar-refractivity contribution in [1.29, 1.82) is 0 Å². The molecule has 0 atom stereocenters. The molecule has 0 saturated carbocycles. The number of aryl methyl sites for hydroxylation is 3. The number of nitrogens with one attached hydrogen (secondary N) is 2. The van der Waals surface area contributed by atoms with Gasteiger partial charge in [0.1, 0.15) is 5.76 Å². The van der Waals surface area contributed by atoms with E-state index in [0.717, 1.165) is 34.0 Å². The highest BCUT2D eigenvalue weighted by molar-refractivity contribution is 14.0. The summed E-state index contributed by atoms with van der Waals surface area (Å²) < 4.78 is 6.28. The Labute approximate surface area is 168 Å². The highest BCUT2D eigenvalue weighted by Crippen LogP contribution is 2.16. The van der Waals surface area contributed by atoms with Gasteiger partial charge in [-0.15, -0.1) is 24.0 Å². The third kappa shape index (κ3) is 5.77. The maximum absolute atomic E-state index is 5.19. The van der Waals surface area contributed by atoms with Crippen LogP contribution in [0.5, 0.6) is 0 Å². The Kier molecular flexibility index (Phi) is 8.75. The van der Waals surface area contributed by atoms with Crippen LogP contribution in [0, 0.1) is 20.8 Å². The number of aliphatic imine (C=N–C) groups is 1. The van der Waals surface area contributed by atoms with Crippen LogP contribution in [-0.4, -0.2) is 17.7 Å². The van der Waals surface area contributed by atoms with E-state index in [4.69, 9.17) is 4.52 Å². The summed E-state index contributed by atoms with van der Waals surface area (Å²) in [6.07, 6.45) is 0. The van der Waals surface area contributed by atoms with Crippen LogP contribution in [0.3, 0.4) is 0 Å². The molecule has 0 radical (unpaired) electrons. The van der Waals surface area contributed by atoms with Gasteiger partial charge in [-0.25, -0.2) is 4.99 Å². The topological polar surface area (TPSA) is 62.5 Å². The van der Waals surface area contributed by atoms with Gasteiger partial charge in [-0.2, -0.15) is 0 Å². The first-order chi connectivity index (χ1) is 11.0. The normalized spacial score (nSPS) is 11.1. The standard InChI is InChI=1S/C17H23BrN4O.HI/c1-5-19-17(21-10-16-12(3)22-23-13(16)4)20-9-14-6-7-15(18)8-11(14)2;/h6-8H,5,9-10H2,1-4H3,(H2,19,20,21);1H. The molecule has 132 valence electrons. The molecule has 0 fully saturated rings. The predicted octanol–water partition coefficient (Wildman–Crippen LogP) is 4.24. The van der Waals surface area contributed by atoms with Crippen LogP contribution in [0.4, 0.5) is 0 Å². The summed E-state index contributed by atoms with van der Waals surface area (Å²) in [6.45, 7) is 10.1. The number of halogens is 2. The largest absolute Gasteiger partial charge is 0.361 e. The van der Waals surface area contributed by atoms with Crippen molar-refractivity contribution >= 4 is 45.9 Å². The average Bonchev–Trinajstić information content (AvgIpc) is 2.82. The van der Waals surface area contributed by atoms with E-state index in [-0.39, 0.29) is 24.0 Å².